The fourth-order valence-corrected chi connectivity index (χ4v) is 3.73. The van der Waals surface area contributed by atoms with Crippen molar-refractivity contribution >= 4 is 34.6 Å². The Morgan fingerprint density at radius 3 is 2.61 bits per heavy atom. The minimum absolute atomic E-state index is 0.0874. The van der Waals surface area contributed by atoms with Gasteiger partial charge in [-0.2, -0.15) is 0 Å². The van der Waals surface area contributed by atoms with Gasteiger partial charge in [0.25, 0.3) is 11.8 Å². The van der Waals surface area contributed by atoms with E-state index in [2.05, 4.69) is 25.6 Å². The van der Waals surface area contributed by atoms with Crippen molar-refractivity contribution in [2.45, 2.75) is 45.2 Å². The van der Waals surface area contributed by atoms with E-state index in [1.54, 1.807) is 6.20 Å². The number of carboxylic acids is 1. The Morgan fingerprint density at radius 2 is 1.92 bits per heavy atom. The SMILES string of the molecule is CC(C)C[C@H](NC(=O)c1c[nH]c2ccccc12)c1nc(C(=O)N[C@@H](CCCN=C(N)N)C(=O)O)co1. The largest absolute Gasteiger partial charge is 0.480 e. The summed E-state index contributed by atoms with van der Waals surface area (Å²) in [6.07, 6.45) is 3.78. The Hall–Kier alpha value is -4.35. The van der Waals surface area contributed by atoms with Crippen molar-refractivity contribution in [3.8, 4) is 0 Å². The number of carboxylic acid groups (broad SMARTS) is 1. The zero-order valence-corrected chi connectivity index (χ0v) is 20.2. The van der Waals surface area contributed by atoms with E-state index in [0.717, 1.165) is 17.2 Å². The molecular formula is C24H31N7O5. The molecule has 1 aromatic carbocycles. The first kappa shape index (κ1) is 26.3. The first-order valence-corrected chi connectivity index (χ1v) is 11.6. The fraction of sp³-hybridized carbons (Fsp3) is 0.375. The molecule has 0 saturated carbocycles. The van der Waals surface area contributed by atoms with Crippen LogP contribution in [-0.2, 0) is 4.79 Å². The number of aromatic nitrogens is 2. The highest BCUT2D eigenvalue weighted by Gasteiger charge is 2.26. The molecule has 2 atom stereocenters. The number of carbonyl (C=O) groups excluding carboxylic acids is 2. The number of rotatable bonds is 12. The van der Waals surface area contributed by atoms with Gasteiger partial charge in [0.05, 0.1) is 5.56 Å². The van der Waals surface area contributed by atoms with Crippen LogP contribution in [0.15, 0.2) is 46.1 Å². The number of nitrogens with two attached hydrogens (primary N) is 2. The van der Waals surface area contributed by atoms with E-state index in [-0.39, 0.29) is 42.3 Å². The van der Waals surface area contributed by atoms with Crippen LogP contribution in [0, 0.1) is 5.92 Å². The lowest BCUT2D eigenvalue weighted by atomic mass is 10.0. The molecule has 2 aromatic heterocycles. The number of fused-ring (bicyclic) bond motifs is 1. The summed E-state index contributed by atoms with van der Waals surface area (Å²) in [6.45, 7) is 4.21. The van der Waals surface area contributed by atoms with Crippen molar-refractivity contribution in [3.63, 3.8) is 0 Å². The Bertz CT molecular complexity index is 1240. The van der Waals surface area contributed by atoms with Gasteiger partial charge in [0.2, 0.25) is 5.89 Å². The molecule has 2 heterocycles. The van der Waals surface area contributed by atoms with E-state index in [0.29, 0.717) is 18.4 Å². The lowest BCUT2D eigenvalue weighted by Gasteiger charge is -2.17. The van der Waals surface area contributed by atoms with Crippen LogP contribution in [0.1, 0.15) is 65.9 Å². The molecule has 36 heavy (non-hydrogen) atoms. The zero-order valence-electron chi connectivity index (χ0n) is 20.2. The molecule has 8 N–H and O–H groups in total. The summed E-state index contributed by atoms with van der Waals surface area (Å²) in [5, 5.41) is 15.6. The van der Waals surface area contributed by atoms with Gasteiger partial charge in [-0.15, -0.1) is 0 Å². The molecule has 2 amide bonds. The number of nitrogens with one attached hydrogen (secondary N) is 3. The molecule has 3 aromatic rings. The first-order valence-electron chi connectivity index (χ1n) is 11.6. The maximum Gasteiger partial charge on any atom is 0.326 e. The number of oxazole rings is 1. The summed E-state index contributed by atoms with van der Waals surface area (Å²) in [7, 11) is 0. The first-order chi connectivity index (χ1) is 17.2. The molecular weight excluding hydrogens is 466 g/mol. The summed E-state index contributed by atoms with van der Waals surface area (Å²) in [6, 6.07) is 5.70. The quantitative estimate of drug-likeness (QED) is 0.124. The monoisotopic (exact) mass is 497 g/mol. The van der Waals surface area contributed by atoms with Gasteiger partial charge < -0.3 is 36.6 Å². The number of aliphatic carboxylic acids is 1. The lowest BCUT2D eigenvalue weighted by molar-refractivity contribution is -0.139. The second-order valence-electron chi connectivity index (χ2n) is 8.79. The van der Waals surface area contributed by atoms with Gasteiger partial charge in [-0.1, -0.05) is 32.0 Å². The summed E-state index contributed by atoms with van der Waals surface area (Å²) < 4.78 is 5.53. The highest BCUT2D eigenvalue weighted by molar-refractivity contribution is 6.06. The third kappa shape index (κ3) is 6.84. The highest BCUT2D eigenvalue weighted by Crippen LogP contribution is 2.24. The van der Waals surface area contributed by atoms with Crippen LogP contribution in [0.3, 0.4) is 0 Å². The van der Waals surface area contributed by atoms with E-state index in [9.17, 15) is 19.5 Å². The van der Waals surface area contributed by atoms with Gasteiger partial charge in [0, 0.05) is 23.6 Å². The van der Waals surface area contributed by atoms with Crippen LogP contribution in [0.2, 0.25) is 0 Å². The molecule has 0 radical (unpaired) electrons. The van der Waals surface area contributed by atoms with Gasteiger partial charge in [0.15, 0.2) is 11.7 Å². The Kier molecular flexibility index (Phi) is 8.66. The number of guanidine groups is 1. The van der Waals surface area contributed by atoms with Gasteiger partial charge in [0.1, 0.15) is 18.3 Å². The molecule has 0 unspecified atom stereocenters. The van der Waals surface area contributed by atoms with Gasteiger partial charge >= 0.3 is 5.97 Å². The number of carbonyl (C=O) groups is 3. The van der Waals surface area contributed by atoms with E-state index < -0.39 is 24.0 Å². The van der Waals surface area contributed by atoms with Crippen LogP contribution in [-0.4, -0.2) is 51.4 Å². The fourth-order valence-electron chi connectivity index (χ4n) is 3.73. The normalized spacial score (nSPS) is 12.8. The molecule has 0 aliphatic heterocycles. The standard InChI is InChI=1S/C24H31N7O5/c1-13(2)10-18(30-20(32)15-11-28-16-7-4-3-6-14(15)16)22-31-19(12-36-22)21(33)29-17(23(34)35)8-5-9-27-24(25)26/h3-4,6-7,11-13,17-18,28H,5,8-10H2,1-2H3,(H,29,33)(H,30,32)(H,34,35)(H4,25,26,27)/t17-,18-/m0/s1. The van der Waals surface area contributed by atoms with Gasteiger partial charge in [-0.25, -0.2) is 9.78 Å². The number of hydrogen-bond acceptors (Lipinski definition) is 6. The zero-order chi connectivity index (χ0) is 26.2. The molecule has 0 saturated heterocycles. The van der Waals surface area contributed by atoms with E-state index in [4.69, 9.17) is 15.9 Å². The Balaban J connectivity index is 1.71. The van der Waals surface area contributed by atoms with Crippen LogP contribution < -0.4 is 22.1 Å². The van der Waals surface area contributed by atoms with Crippen LogP contribution in [0.5, 0.6) is 0 Å². The minimum Gasteiger partial charge on any atom is -0.480 e. The average Bonchev–Trinajstić information content (AvgIpc) is 3.47. The van der Waals surface area contributed by atoms with Crippen molar-refractivity contribution < 1.29 is 23.9 Å². The maximum absolute atomic E-state index is 13.0. The Morgan fingerprint density at radius 1 is 1.17 bits per heavy atom. The molecule has 0 fully saturated rings. The van der Waals surface area contributed by atoms with Crippen molar-refractivity contribution in [3.05, 3.63) is 53.9 Å². The number of nitrogens with zero attached hydrogens (tertiary/aromatic N) is 2. The Labute approximate surface area is 207 Å². The van der Waals surface area contributed by atoms with Crippen LogP contribution in [0.25, 0.3) is 10.9 Å². The molecule has 0 bridgehead atoms. The van der Waals surface area contributed by atoms with Crippen molar-refractivity contribution in [1.82, 2.24) is 20.6 Å². The summed E-state index contributed by atoms with van der Waals surface area (Å²) in [5.41, 5.74) is 11.8. The average molecular weight is 498 g/mol. The number of hydrogen-bond donors (Lipinski definition) is 6. The molecule has 0 aliphatic rings. The molecule has 3 rings (SSSR count). The van der Waals surface area contributed by atoms with E-state index in [1.807, 2.05) is 38.1 Å². The topological polar surface area (TPSA) is 202 Å². The van der Waals surface area contributed by atoms with E-state index >= 15 is 0 Å². The third-order valence-corrected chi connectivity index (χ3v) is 5.45. The summed E-state index contributed by atoms with van der Waals surface area (Å²) >= 11 is 0. The lowest BCUT2D eigenvalue weighted by Crippen LogP contribution is -2.41. The number of aromatic amines is 1. The predicted octanol–water partition coefficient (Wildman–Crippen LogP) is 1.91. The predicted molar refractivity (Wildman–Crippen MR) is 133 cm³/mol. The van der Waals surface area contributed by atoms with Crippen molar-refractivity contribution in [2.75, 3.05) is 6.54 Å². The molecule has 0 aliphatic carbocycles. The summed E-state index contributed by atoms with van der Waals surface area (Å²) in [5.74, 6) is -1.96. The van der Waals surface area contributed by atoms with Gasteiger partial charge in [-0.05, 0) is 31.2 Å². The van der Waals surface area contributed by atoms with E-state index in [1.165, 1.54) is 0 Å². The number of benzene rings is 1. The summed E-state index contributed by atoms with van der Waals surface area (Å²) in [4.78, 5) is 48.4. The van der Waals surface area contributed by atoms with Crippen LogP contribution in [0.4, 0.5) is 0 Å². The smallest absolute Gasteiger partial charge is 0.326 e. The van der Waals surface area contributed by atoms with Crippen molar-refractivity contribution in [1.29, 1.82) is 0 Å². The molecule has 12 nitrogen and oxygen atoms in total. The van der Waals surface area contributed by atoms with Crippen LogP contribution >= 0.6 is 0 Å². The second-order valence-corrected chi connectivity index (χ2v) is 8.79. The number of amides is 2. The second kappa shape index (κ2) is 11.9. The third-order valence-electron chi connectivity index (χ3n) is 5.45. The maximum atomic E-state index is 13.0. The highest BCUT2D eigenvalue weighted by atomic mass is 16.4. The van der Waals surface area contributed by atoms with Gasteiger partial charge in [-0.3, -0.25) is 14.6 Å². The molecule has 0 spiro atoms. The number of aliphatic imine (C=N–C) groups is 1. The number of para-hydroxylation sites is 1. The molecule has 192 valence electrons. The minimum atomic E-state index is -1.19. The molecule has 12 heteroatoms. The number of H-pyrrole nitrogens is 1. The van der Waals surface area contributed by atoms with Crippen molar-refractivity contribution in [2.24, 2.45) is 22.4 Å².